The van der Waals surface area contributed by atoms with E-state index in [0.717, 1.165) is 19.2 Å². The number of methoxy groups -OCH3 is 1. The first kappa shape index (κ1) is 15.3. The summed E-state index contributed by atoms with van der Waals surface area (Å²) in [7, 11) is 1.06. The third kappa shape index (κ3) is 3.60. The van der Waals surface area contributed by atoms with Crippen LogP contribution in [0.1, 0.15) is 15.9 Å². The molecule has 0 heterocycles. The molecule has 0 aliphatic rings. The first-order valence-corrected chi connectivity index (χ1v) is 5.93. The summed E-state index contributed by atoms with van der Waals surface area (Å²) in [4.78, 5) is 21.5. The molecule has 0 unspecified atom stereocenters. The summed E-state index contributed by atoms with van der Waals surface area (Å²) in [6.45, 7) is -3.21. The lowest BCUT2D eigenvalue weighted by Crippen LogP contribution is -2.11. The van der Waals surface area contributed by atoms with Crippen molar-refractivity contribution in [2.45, 2.75) is 11.9 Å². The van der Waals surface area contributed by atoms with Gasteiger partial charge in [0.25, 0.3) is 5.69 Å². The van der Waals surface area contributed by atoms with Gasteiger partial charge >= 0.3 is 12.6 Å². The van der Waals surface area contributed by atoms with Crippen LogP contribution in [0.2, 0.25) is 0 Å². The lowest BCUT2D eigenvalue weighted by molar-refractivity contribution is -0.385. The van der Waals surface area contributed by atoms with Crippen molar-refractivity contribution in [1.82, 2.24) is 0 Å². The molecule has 1 aromatic carbocycles. The minimum absolute atomic E-state index is 0.0717. The van der Waals surface area contributed by atoms with Crippen molar-refractivity contribution in [3.05, 3.63) is 33.4 Å². The number of hydrogen-bond donors (Lipinski definition) is 0. The number of ether oxygens (including phenoxy) is 2. The minimum atomic E-state index is -3.21. The molecule has 9 heteroatoms. The van der Waals surface area contributed by atoms with E-state index in [9.17, 15) is 23.7 Å². The van der Waals surface area contributed by atoms with Gasteiger partial charge in [0.05, 0.1) is 18.1 Å². The van der Waals surface area contributed by atoms with Gasteiger partial charge < -0.3 is 9.47 Å². The molecule has 0 saturated carbocycles. The monoisotopic (exact) mass is 339 g/mol. The van der Waals surface area contributed by atoms with E-state index < -0.39 is 28.9 Å². The zero-order valence-electron chi connectivity index (χ0n) is 9.56. The van der Waals surface area contributed by atoms with Crippen molar-refractivity contribution in [1.29, 1.82) is 0 Å². The molecule has 1 rings (SSSR count). The number of nitro benzene ring substituents is 1. The average Bonchev–Trinajstić information content (AvgIpc) is 2.36. The average molecular weight is 340 g/mol. The second kappa shape index (κ2) is 6.41. The Morgan fingerprint density at radius 1 is 1.53 bits per heavy atom. The number of benzene rings is 1. The number of nitro groups is 1. The maximum absolute atomic E-state index is 12.2. The normalized spacial score (nSPS) is 10.4. The maximum atomic E-state index is 12.2. The fraction of sp³-hybridized carbons (Fsp3) is 0.300. The fourth-order valence-corrected chi connectivity index (χ4v) is 1.80. The van der Waals surface area contributed by atoms with E-state index in [-0.39, 0.29) is 16.5 Å². The van der Waals surface area contributed by atoms with Crippen LogP contribution < -0.4 is 4.74 Å². The zero-order chi connectivity index (χ0) is 14.6. The summed E-state index contributed by atoms with van der Waals surface area (Å²) in [6, 6.07) is 1.85. The molecule has 0 radical (unpaired) electrons. The number of nitrogens with zero attached hydrogens (tertiary/aromatic N) is 1. The number of carbonyl (C=O) groups is 1. The molecule has 0 spiro atoms. The van der Waals surface area contributed by atoms with Crippen LogP contribution in [-0.2, 0) is 10.1 Å². The summed E-state index contributed by atoms with van der Waals surface area (Å²) >= 11 is 3.01. The molecule has 6 nitrogen and oxygen atoms in total. The Labute approximate surface area is 114 Å². The van der Waals surface area contributed by atoms with Gasteiger partial charge in [-0.3, -0.25) is 10.1 Å². The number of halogens is 3. The SMILES string of the molecule is COC(=O)c1cc(CBr)c([N+](=O)[O-])cc1OC(F)F. The van der Waals surface area contributed by atoms with E-state index in [4.69, 9.17) is 0 Å². The van der Waals surface area contributed by atoms with Crippen molar-refractivity contribution in [3.63, 3.8) is 0 Å². The summed E-state index contributed by atoms with van der Waals surface area (Å²) in [5, 5.41) is 10.9. The molecular weight excluding hydrogens is 332 g/mol. The fourth-order valence-electron chi connectivity index (χ4n) is 1.35. The van der Waals surface area contributed by atoms with E-state index in [2.05, 4.69) is 25.4 Å². The predicted octanol–water partition coefficient (Wildman–Crippen LogP) is 2.88. The number of esters is 1. The van der Waals surface area contributed by atoms with Crippen LogP contribution in [0.3, 0.4) is 0 Å². The molecular formula is C10H8BrF2NO5. The van der Waals surface area contributed by atoms with E-state index >= 15 is 0 Å². The maximum Gasteiger partial charge on any atom is 0.387 e. The van der Waals surface area contributed by atoms with E-state index in [1.54, 1.807) is 0 Å². The number of hydrogen-bond acceptors (Lipinski definition) is 5. The lowest BCUT2D eigenvalue weighted by atomic mass is 10.1. The van der Waals surface area contributed by atoms with Crippen LogP contribution >= 0.6 is 15.9 Å². The van der Waals surface area contributed by atoms with Crippen LogP contribution in [0.15, 0.2) is 12.1 Å². The molecule has 1 aromatic rings. The number of alkyl halides is 3. The Morgan fingerprint density at radius 2 is 2.16 bits per heavy atom. The molecule has 0 aliphatic carbocycles. The second-order valence-corrected chi connectivity index (χ2v) is 3.80. The largest absolute Gasteiger partial charge is 0.465 e. The highest BCUT2D eigenvalue weighted by Gasteiger charge is 2.24. The van der Waals surface area contributed by atoms with Gasteiger partial charge in [0.2, 0.25) is 0 Å². The molecule has 0 N–H and O–H groups in total. The van der Waals surface area contributed by atoms with Gasteiger partial charge in [-0.05, 0) is 6.07 Å². The Kier molecular flexibility index (Phi) is 5.16. The van der Waals surface area contributed by atoms with Crippen molar-refractivity contribution >= 4 is 27.6 Å². The zero-order valence-corrected chi connectivity index (χ0v) is 11.1. The van der Waals surface area contributed by atoms with Gasteiger partial charge in [-0.2, -0.15) is 8.78 Å². The summed E-state index contributed by atoms with van der Waals surface area (Å²) in [6.07, 6.45) is 0. The quantitative estimate of drug-likeness (QED) is 0.356. The molecule has 0 saturated heterocycles. The smallest absolute Gasteiger partial charge is 0.387 e. The van der Waals surface area contributed by atoms with Gasteiger partial charge in [-0.15, -0.1) is 0 Å². The van der Waals surface area contributed by atoms with Crippen molar-refractivity contribution in [2.24, 2.45) is 0 Å². The summed E-state index contributed by atoms with van der Waals surface area (Å²) in [5.74, 6) is -1.52. The van der Waals surface area contributed by atoms with E-state index in [0.29, 0.717) is 0 Å². The number of rotatable bonds is 5. The highest BCUT2D eigenvalue weighted by atomic mass is 79.9. The summed E-state index contributed by atoms with van der Waals surface area (Å²) in [5.41, 5.74) is -0.588. The molecule has 104 valence electrons. The lowest BCUT2D eigenvalue weighted by Gasteiger charge is -2.11. The van der Waals surface area contributed by atoms with Crippen molar-refractivity contribution in [3.8, 4) is 5.75 Å². The number of carbonyl (C=O) groups excluding carboxylic acids is 1. The molecule has 0 atom stereocenters. The van der Waals surface area contributed by atoms with Crippen molar-refractivity contribution < 1.29 is 28.0 Å². The Bertz CT molecular complexity index is 509. The first-order chi connectivity index (χ1) is 8.90. The van der Waals surface area contributed by atoms with Gasteiger partial charge in [0, 0.05) is 10.9 Å². The van der Waals surface area contributed by atoms with Crippen LogP contribution in [0.5, 0.6) is 5.75 Å². The highest BCUT2D eigenvalue weighted by molar-refractivity contribution is 9.08. The Hall–Kier alpha value is -1.77. The summed E-state index contributed by atoms with van der Waals surface area (Å²) < 4.78 is 33.0. The molecule has 0 amide bonds. The Morgan fingerprint density at radius 3 is 2.58 bits per heavy atom. The standard InChI is InChI=1S/C10H8BrF2NO5/c1-18-9(15)6-2-5(4-11)7(14(16)17)3-8(6)19-10(12)13/h2-3,10H,4H2,1H3. The molecule has 0 fully saturated rings. The third-order valence-corrected chi connectivity index (χ3v) is 2.75. The second-order valence-electron chi connectivity index (χ2n) is 3.24. The molecule has 19 heavy (non-hydrogen) atoms. The van der Waals surface area contributed by atoms with E-state index in [1.807, 2.05) is 0 Å². The van der Waals surface area contributed by atoms with Crippen LogP contribution in [0.4, 0.5) is 14.5 Å². The van der Waals surface area contributed by atoms with Crippen LogP contribution in [0, 0.1) is 10.1 Å². The third-order valence-electron chi connectivity index (χ3n) is 2.14. The van der Waals surface area contributed by atoms with Crippen LogP contribution in [-0.4, -0.2) is 24.6 Å². The first-order valence-electron chi connectivity index (χ1n) is 4.81. The highest BCUT2D eigenvalue weighted by Crippen LogP contribution is 2.32. The van der Waals surface area contributed by atoms with Gasteiger partial charge in [-0.25, -0.2) is 4.79 Å². The van der Waals surface area contributed by atoms with Gasteiger partial charge in [0.15, 0.2) is 0 Å². The predicted molar refractivity (Wildman–Crippen MR) is 63.7 cm³/mol. The van der Waals surface area contributed by atoms with Gasteiger partial charge in [0.1, 0.15) is 11.3 Å². The molecule has 0 aromatic heterocycles. The van der Waals surface area contributed by atoms with Crippen molar-refractivity contribution in [2.75, 3.05) is 7.11 Å². The topological polar surface area (TPSA) is 78.7 Å². The Balaban J connectivity index is 3.43. The van der Waals surface area contributed by atoms with E-state index in [1.165, 1.54) is 0 Å². The van der Waals surface area contributed by atoms with Crippen LogP contribution in [0.25, 0.3) is 0 Å². The van der Waals surface area contributed by atoms with Gasteiger partial charge in [-0.1, -0.05) is 15.9 Å². The molecule has 0 bridgehead atoms. The minimum Gasteiger partial charge on any atom is -0.465 e. The molecule has 0 aliphatic heterocycles.